The molecule has 4 nitrogen and oxygen atoms in total. The molecule has 0 unspecified atom stereocenters. The number of methoxy groups -OCH3 is 1. The lowest BCUT2D eigenvalue weighted by Crippen LogP contribution is -2.20. The van der Waals surface area contributed by atoms with E-state index in [1.54, 1.807) is 0 Å². The van der Waals surface area contributed by atoms with Gasteiger partial charge in [-0.15, -0.1) is 0 Å². The van der Waals surface area contributed by atoms with E-state index in [1.165, 1.54) is 25.7 Å². The number of ether oxygens (including phenoxy) is 2. The third kappa shape index (κ3) is 3.32. The number of rotatable bonds is 4. The number of carboxylic acids is 1. The van der Waals surface area contributed by atoms with Crippen LogP contribution in [0.4, 0.5) is 0 Å². The van der Waals surface area contributed by atoms with Crippen molar-refractivity contribution in [2.45, 2.75) is 38.2 Å². The van der Waals surface area contributed by atoms with E-state index < -0.39 is 5.97 Å². The van der Waals surface area contributed by atoms with Crippen molar-refractivity contribution in [1.29, 1.82) is 0 Å². The minimum absolute atomic E-state index is 0.0952. The van der Waals surface area contributed by atoms with Crippen LogP contribution in [0.3, 0.4) is 0 Å². The van der Waals surface area contributed by atoms with E-state index in [-0.39, 0.29) is 16.7 Å². The first-order valence-electron chi connectivity index (χ1n) is 6.39. The Kier molecular flexibility index (Phi) is 4.53. The smallest absolute Gasteiger partial charge is 0.335 e. The molecule has 1 aromatic rings. The Morgan fingerprint density at radius 2 is 2.00 bits per heavy atom. The largest absolute Gasteiger partial charge is 0.493 e. The van der Waals surface area contributed by atoms with Crippen molar-refractivity contribution >= 4 is 17.6 Å². The molecule has 19 heavy (non-hydrogen) atoms. The summed E-state index contributed by atoms with van der Waals surface area (Å²) in [6.07, 6.45) is 5.68. The number of carbonyl (C=O) groups is 1. The van der Waals surface area contributed by atoms with Crippen LogP contribution in [0.5, 0.6) is 11.5 Å². The molecule has 0 radical (unpaired) electrons. The summed E-state index contributed by atoms with van der Waals surface area (Å²) in [5.74, 6) is -0.221. The number of aromatic carboxylic acids is 1. The maximum atomic E-state index is 11.0. The van der Waals surface area contributed by atoms with Crippen LogP contribution in [0.15, 0.2) is 12.1 Å². The Morgan fingerprint density at radius 1 is 1.32 bits per heavy atom. The van der Waals surface area contributed by atoms with Crippen LogP contribution in [0, 0.1) is 0 Å². The molecule has 5 heteroatoms. The molecule has 1 aromatic carbocycles. The SMILES string of the molecule is COc1cc(C(=O)O)cc(Cl)c1OC1CCCCC1. The molecular weight excluding hydrogens is 268 g/mol. The van der Waals surface area contributed by atoms with Gasteiger partial charge >= 0.3 is 5.97 Å². The van der Waals surface area contributed by atoms with Crippen LogP contribution >= 0.6 is 11.6 Å². The van der Waals surface area contributed by atoms with Crippen LogP contribution in [0.25, 0.3) is 0 Å². The van der Waals surface area contributed by atoms with Gasteiger partial charge in [-0.05, 0) is 37.8 Å². The van der Waals surface area contributed by atoms with Gasteiger partial charge in [0.05, 0.1) is 23.8 Å². The molecule has 0 spiro atoms. The molecule has 2 rings (SSSR count). The van der Waals surface area contributed by atoms with E-state index in [0.29, 0.717) is 11.5 Å². The van der Waals surface area contributed by atoms with Crippen LogP contribution in [0.2, 0.25) is 5.02 Å². The summed E-state index contributed by atoms with van der Waals surface area (Å²) in [6, 6.07) is 2.83. The minimum Gasteiger partial charge on any atom is -0.493 e. The summed E-state index contributed by atoms with van der Waals surface area (Å²) in [4.78, 5) is 11.0. The van der Waals surface area contributed by atoms with Crippen molar-refractivity contribution in [2.24, 2.45) is 0 Å². The quantitative estimate of drug-likeness (QED) is 0.915. The lowest BCUT2D eigenvalue weighted by molar-refractivity contribution is 0.0696. The van der Waals surface area contributed by atoms with Crippen LogP contribution in [0.1, 0.15) is 42.5 Å². The molecule has 0 amide bonds. The van der Waals surface area contributed by atoms with Gasteiger partial charge in [0.1, 0.15) is 0 Å². The standard InChI is InChI=1S/C14H17ClO4/c1-18-12-8-9(14(16)17)7-11(15)13(12)19-10-5-3-2-4-6-10/h7-8,10H,2-6H2,1H3,(H,16,17). The fourth-order valence-electron chi connectivity index (χ4n) is 2.31. The van der Waals surface area contributed by atoms with Gasteiger partial charge in [-0.1, -0.05) is 18.0 Å². The second-order valence-electron chi connectivity index (χ2n) is 4.67. The average Bonchev–Trinajstić information content (AvgIpc) is 2.41. The highest BCUT2D eigenvalue weighted by molar-refractivity contribution is 6.32. The zero-order valence-electron chi connectivity index (χ0n) is 10.8. The van der Waals surface area contributed by atoms with Gasteiger partial charge in [0.15, 0.2) is 11.5 Å². The van der Waals surface area contributed by atoms with E-state index in [1.807, 2.05) is 0 Å². The van der Waals surface area contributed by atoms with Gasteiger partial charge in [-0.2, -0.15) is 0 Å². The highest BCUT2D eigenvalue weighted by atomic mass is 35.5. The summed E-state index contributed by atoms with van der Waals surface area (Å²) < 4.78 is 11.1. The van der Waals surface area contributed by atoms with Crippen molar-refractivity contribution in [2.75, 3.05) is 7.11 Å². The Morgan fingerprint density at radius 3 is 2.58 bits per heavy atom. The number of hydrogen-bond acceptors (Lipinski definition) is 3. The molecule has 1 saturated carbocycles. The first-order valence-corrected chi connectivity index (χ1v) is 6.77. The molecule has 0 bridgehead atoms. The minimum atomic E-state index is -1.04. The van der Waals surface area contributed by atoms with Gasteiger partial charge in [0, 0.05) is 0 Å². The summed E-state index contributed by atoms with van der Waals surface area (Å²) in [7, 11) is 1.48. The van der Waals surface area contributed by atoms with Gasteiger partial charge in [-0.25, -0.2) is 4.79 Å². The molecule has 1 aliphatic carbocycles. The molecule has 0 aliphatic heterocycles. The van der Waals surface area contributed by atoms with Gasteiger partial charge in [-0.3, -0.25) is 0 Å². The Balaban J connectivity index is 2.25. The van der Waals surface area contributed by atoms with Crippen molar-refractivity contribution in [1.82, 2.24) is 0 Å². The number of benzene rings is 1. The molecule has 0 aromatic heterocycles. The number of carboxylic acid groups (broad SMARTS) is 1. The molecule has 1 N–H and O–H groups in total. The lowest BCUT2D eigenvalue weighted by atomic mass is 9.98. The Labute approximate surface area is 117 Å². The molecule has 1 aliphatic rings. The van der Waals surface area contributed by atoms with Gasteiger partial charge in [0.25, 0.3) is 0 Å². The zero-order chi connectivity index (χ0) is 13.8. The number of halogens is 1. The maximum Gasteiger partial charge on any atom is 0.335 e. The summed E-state index contributed by atoms with van der Waals surface area (Å²) >= 11 is 6.11. The zero-order valence-corrected chi connectivity index (χ0v) is 11.6. The highest BCUT2D eigenvalue weighted by Crippen LogP contribution is 2.38. The third-order valence-electron chi connectivity index (χ3n) is 3.31. The molecule has 1 fully saturated rings. The fraction of sp³-hybridized carbons (Fsp3) is 0.500. The van der Waals surface area contributed by atoms with Gasteiger partial charge in [0.2, 0.25) is 0 Å². The lowest BCUT2D eigenvalue weighted by Gasteiger charge is -2.24. The van der Waals surface area contributed by atoms with Crippen molar-refractivity contribution in [3.8, 4) is 11.5 Å². The molecule has 0 atom stereocenters. The van der Waals surface area contributed by atoms with E-state index in [0.717, 1.165) is 25.7 Å². The molecular formula is C14H17ClO4. The van der Waals surface area contributed by atoms with Crippen LogP contribution in [-0.2, 0) is 0 Å². The summed E-state index contributed by atoms with van der Waals surface area (Å²) in [6.45, 7) is 0. The van der Waals surface area contributed by atoms with E-state index in [4.69, 9.17) is 26.2 Å². The summed E-state index contributed by atoms with van der Waals surface area (Å²) in [5, 5.41) is 9.27. The molecule has 104 valence electrons. The third-order valence-corrected chi connectivity index (χ3v) is 3.59. The monoisotopic (exact) mass is 284 g/mol. The molecule has 0 saturated heterocycles. The van der Waals surface area contributed by atoms with E-state index in [9.17, 15) is 4.79 Å². The maximum absolute atomic E-state index is 11.0. The van der Waals surface area contributed by atoms with E-state index in [2.05, 4.69) is 0 Å². The Bertz CT molecular complexity index is 467. The molecule has 0 heterocycles. The first kappa shape index (κ1) is 14.0. The predicted molar refractivity (Wildman–Crippen MR) is 72.5 cm³/mol. The van der Waals surface area contributed by atoms with Crippen LogP contribution < -0.4 is 9.47 Å². The highest BCUT2D eigenvalue weighted by Gasteiger charge is 2.20. The Hall–Kier alpha value is -1.42. The normalized spacial score (nSPS) is 16.1. The van der Waals surface area contributed by atoms with Gasteiger partial charge < -0.3 is 14.6 Å². The second-order valence-corrected chi connectivity index (χ2v) is 5.08. The topological polar surface area (TPSA) is 55.8 Å². The van der Waals surface area contributed by atoms with Crippen molar-refractivity contribution in [3.05, 3.63) is 22.7 Å². The fourth-order valence-corrected chi connectivity index (χ4v) is 2.56. The summed E-state index contributed by atoms with van der Waals surface area (Å²) in [5.41, 5.74) is 0.0952. The van der Waals surface area contributed by atoms with Crippen LogP contribution in [-0.4, -0.2) is 24.3 Å². The number of hydrogen-bond donors (Lipinski definition) is 1. The predicted octanol–water partition coefficient (Wildman–Crippen LogP) is 3.76. The van der Waals surface area contributed by atoms with Crippen molar-refractivity contribution < 1.29 is 19.4 Å². The van der Waals surface area contributed by atoms with Crippen molar-refractivity contribution in [3.63, 3.8) is 0 Å². The van der Waals surface area contributed by atoms with E-state index >= 15 is 0 Å². The average molecular weight is 285 g/mol. The first-order chi connectivity index (χ1) is 9.11. The second kappa shape index (κ2) is 6.15.